The van der Waals surface area contributed by atoms with Crippen molar-refractivity contribution < 1.29 is 88.2 Å². The molecule has 402 valence electrons. The lowest BCUT2D eigenvalue weighted by atomic mass is 9.77. The normalized spacial score (nSPS) is 14.0. The lowest BCUT2D eigenvalue weighted by Crippen LogP contribution is -2.33. The SMILES string of the molecule is C=c1ccc2c(c1)Oc1cc(N)ccc1C=2c1ccccc1C(=O)O.Nc1ccc2c(c1)Oc1cc(NC(=O)c3c(F)c(F)c(F)c(F)c3F)ccc1C21OC(=O)c2ccccc21.O=C(Cl)c1c(F)c(F)c(F)c(F)c1F.[2H]CF. The quantitative estimate of drug-likeness (QED) is 0.0323. The zero-order valence-corrected chi connectivity index (χ0v) is 40.2. The zero-order valence-electron chi connectivity index (χ0n) is 40.5. The summed E-state index contributed by atoms with van der Waals surface area (Å²) in [5.74, 6) is -24.2. The van der Waals surface area contributed by atoms with Gasteiger partial charge < -0.3 is 36.1 Å². The average Bonchev–Trinajstić information content (AvgIpc) is 3.71. The lowest BCUT2D eigenvalue weighted by Gasteiger charge is -2.36. The van der Waals surface area contributed by atoms with Gasteiger partial charge in [-0.2, -0.15) is 0 Å². The van der Waals surface area contributed by atoms with E-state index in [0.29, 0.717) is 50.7 Å². The number of aromatic carboxylic acids is 1. The van der Waals surface area contributed by atoms with Gasteiger partial charge in [0.2, 0.25) is 11.6 Å². The number of amides is 1. The third kappa shape index (κ3) is 9.77. The molecule has 11 nitrogen and oxygen atoms in total. The molecule has 1 atom stereocenters. The molecule has 8 aromatic carbocycles. The summed E-state index contributed by atoms with van der Waals surface area (Å²) in [4.78, 5) is 47.5. The molecule has 79 heavy (non-hydrogen) atoms. The van der Waals surface area contributed by atoms with Crippen molar-refractivity contribution in [3.05, 3.63) is 240 Å². The first-order chi connectivity index (χ1) is 38.0. The van der Waals surface area contributed by atoms with E-state index in [0.717, 1.165) is 21.6 Å². The van der Waals surface area contributed by atoms with E-state index < -0.39 is 105 Å². The van der Waals surface area contributed by atoms with Gasteiger partial charge in [-0.1, -0.05) is 55.1 Å². The van der Waals surface area contributed by atoms with Crippen molar-refractivity contribution >= 4 is 63.9 Å². The van der Waals surface area contributed by atoms with Gasteiger partial charge >= 0.3 is 11.9 Å². The third-order valence-corrected chi connectivity index (χ3v) is 12.3. The van der Waals surface area contributed by atoms with E-state index in [2.05, 4.69) is 23.5 Å². The monoisotopic (exact) mass is 1120 g/mol. The summed E-state index contributed by atoms with van der Waals surface area (Å²) < 4.78 is 165. The molecule has 0 aliphatic carbocycles. The van der Waals surface area contributed by atoms with Crippen LogP contribution in [0.4, 0.5) is 65.4 Å². The molecule has 3 aliphatic heterocycles. The fourth-order valence-corrected chi connectivity index (χ4v) is 8.84. The van der Waals surface area contributed by atoms with Crippen molar-refractivity contribution in [2.24, 2.45) is 0 Å². The van der Waals surface area contributed by atoms with E-state index in [4.69, 9.17) is 27.0 Å². The zero-order chi connectivity index (χ0) is 58.2. The number of rotatable bonds is 5. The Morgan fingerprint density at radius 1 is 0.582 bits per heavy atom. The van der Waals surface area contributed by atoms with Crippen molar-refractivity contribution in [3.63, 3.8) is 0 Å². The number of hydrogen-bond acceptors (Lipinski definition) is 9. The molecule has 3 heterocycles. The Morgan fingerprint density at radius 3 is 1.67 bits per heavy atom. The van der Waals surface area contributed by atoms with Crippen LogP contribution in [0.2, 0.25) is 0 Å². The van der Waals surface area contributed by atoms with Gasteiger partial charge in [-0.3, -0.25) is 14.0 Å². The minimum atomic E-state index is -2.38. The average molecular weight is 1120 g/mol. The highest BCUT2D eigenvalue weighted by atomic mass is 35.5. The van der Waals surface area contributed by atoms with Gasteiger partial charge in [-0.15, -0.1) is 0 Å². The van der Waals surface area contributed by atoms with Crippen LogP contribution in [0.25, 0.3) is 12.2 Å². The van der Waals surface area contributed by atoms with E-state index in [-0.39, 0.29) is 22.7 Å². The van der Waals surface area contributed by atoms with E-state index >= 15 is 0 Å². The maximum absolute atomic E-state index is 14.1. The number of ether oxygens (including phenoxy) is 3. The minimum absolute atomic E-state index is 0.0859. The van der Waals surface area contributed by atoms with Crippen molar-refractivity contribution in [1.82, 2.24) is 0 Å². The van der Waals surface area contributed by atoms with E-state index in [9.17, 15) is 72.6 Å². The molecule has 6 N–H and O–H groups in total. The highest BCUT2D eigenvalue weighted by Crippen LogP contribution is 2.56. The largest absolute Gasteiger partial charge is 0.478 e. The van der Waals surface area contributed by atoms with Crippen molar-refractivity contribution in [2.45, 2.75) is 5.60 Å². The topological polar surface area (TPSA) is 180 Å². The highest BCUT2D eigenvalue weighted by Gasteiger charge is 2.53. The number of esters is 1. The van der Waals surface area contributed by atoms with Gasteiger partial charge in [-0.25, -0.2) is 53.5 Å². The van der Waals surface area contributed by atoms with Crippen LogP contribution < -0.4 is 36.7 Å². The fraction of sp³-hybridized carbons (Fsp3) is 0.0357. The summed E-state index contributed by atoms with van der Waals surface area (Å²) in [6.45, 7) is 3.94. The number of alkyl halides is 1. The van der Waals surface area contributed by atoms with Gasteiger partial charge in [0.25, 0.3) is 11.1 Å². The number of benzene rings is 8. The molecule has 1 spiro atoms. The Bertz CT molecular complexity index is 4000. The Balaban J connectivity index is 0.000000171. The standard InChI is InChI=1S/C27H13F5N2O4.C21H15NO3.C7ClF5O.CH3F/c28-20-19(21(29)23(31)24(32)22(20)30)25(35)34-12-6-8-16-18(10-12)37-17-9-11(33)5-7-15(17)27(16)14-4-2-1-3-13(14)26(36)38-27;1-12-6-8-16-18(10-12)25-19-11-13(22)7-9-17(19)20(16)14-4-2-3-5-15(14)21(23)24;8-7(14)1-2(9)4(11)6(13)5(12)3(1)10;1-2/h1-10H,33H2,(H,34,35);2-11H,1,22H2,(H,23,24);;1H3/i;;;1D. The molecule has 1 amide bonds. The van der Waals surface area contributed by atoms with Crippen LogP contribution in [0.5, 0.6) is 23.0 Å². The van der Waals surface area contributed by atoms with Crippen LogP contribution in [-0.4, -0.2) is 35.3 Å². The van der Waals surface area contributed by atoms with Crippen molar-refractivity contribution in [3.8, 4) is 23.0 Å². The number of carbonyl (C=O) groups excluding carboxylic acids is 3. The second-order valence-electron chi connectivity index (χ2n) is 16.7. The van der Waals surface area contributed by atoms with Crippen LogP contribution >= 0.6 is 11.6 Å². The molecule has 0 saturated heterocycles. The van der Waals surface area contributed by atoms with Gasteiger partial charge in [0.1, 0.15) is 34.1 Å². The lowest BCUT2D eigenvalue weighted by molar-refractivity contribution is 0.0224. The summed E-state index contributed by atoms with van der Waals surface area (Å²) in [6, 6.07) is 33.5. The number of nitrogen functional groups attached to an aromatic ring is 2. The van der Waals surface area contributed by atoms with E-state index in [1.165, 1.54) is 24.3 Å². The first kappa shape index (κ1) is 54.1. The molecule has 0 saturated carbocycles. The minimum Gasteiger partial charge on any atom is -0.478 e. The fourth-order valence-electron chi connectivity index (χ4n) is 8.67. The van der Waals surface area contributed by atoms with Gasteiger partial charge in [0.15, 0.2) is 52.1 Å². The van der Waals surface area contributed by atoms with Gasteiger partial charge in [-0.05, 0) is 77.0 Å². The maximum atomic E-state index is 14.1. The molecule has 0 fully saturated rings. The van der Waals surface area contributed by atoms with Gasteiger partial charge in [0, 0.05) is 68.3 Å². The summed E-state index contributed by atoms with van der Waals surface area (Å²) in [6.07, 6.45) is 0. The Morgan fingerprint density at radius 2 is 1.08 bits per heavy atom. The maximum Gasteiger partial charge on any atom is 0.340 e. The van der Waals surface area contributed by atoms with Crippen molar-refractivity contribution in [2.75, 3.05) is 23.9 Å². The molecule has 0 radical (unpaired) electrons. The Labute approximate surface area is 443 Å². The van der Waals surface area contributed by atoms with E-state index in [1.54, 1.807) is 60.7 Å². The number of carboxylic acid groups (broad SMARTS) is 1. The molecule has 11 rings (SSSR count). The second-order valence-corrected chi connectivity index (χ2v) is 17.1. The summed E-state index contributed by atoms with van der Waals surface area (Å²) in [7, 11) is -1.00. The van der Waals surface area contributed by atoms with Gasteiger partial charge in [0.05, 0.1) is 19.7 Å². The first-order valence-electron chi connectivity index (χ1n) is 22.9. The number of nitrogens with two attached hydrogens (primary N) is 2. The number of hydrogen-bond donors (Lipinski definition) is 4. The van der Waals surface area contributed by atoms with Crippen LogP contribution in [0.1, 0.15) is 70.6 Å². The number of carboxylic acids is 1. The smallest absolute Gasteiger partial charge is 0.340 e. The number of nitrogens with one attached hydrogen (secondary N) is 1. The van der Waals surface area contributed by atoms with Crippen LogP contribution in [-0.2, 0) is 10.3 Å². The predicted molar refractivity (Wildman–Crippen MR) is 264 cm³/mol. The molecule has 0 aromatic heterocycles. The summed E-state index contributed by atoms with van der Waals surface area (Å²) >= 11 is 4.64. The highest BCUT2D eigenvalue weighted by molar-refractivity contribution is 6.67. The van der Waals surface area contributed by atoms with Crippen LogP contribution in [0.15, 0.2) is 121 Å². The number of fused-ring (bicyclic) bond motifs is 8. The molecule has 1 unspecified atom stereocenters. The number of carbonyl (C=O) groups is 4. The molecular weight excluding hydrogens is 1090 g/mol. The van der Waals surface area contributed by atoms with Crippen molar-refractivity contribution in [1.29, 1.82) is 0 Å². The van der Waals surface area contributed by atoms with E-state index in [1.807, 2.05) is 36.4 Å². The Hall–Kier alpha value is -9.70. The van der Waals surface area contributed by atoms with Crippen LogP contribution in [0.3, 0.4) is 0 Å². The summed E-state index contributed by atoms with van der Waals surface area (Å²) in [5, 5.41) is 11.6. The van der Waals surface area contributed by atoms with Crippen LogP contribution in [0, 0.1) is 58.2 Å². The number of halogens is 12. The third-order valence-electron chi connectivity index (χ3n) is 12.1. The number of anilines is 3. The second kappa shape index (κ2) is 21.7. The Kier molecular flexibility index (Phi) is 14.9. The summed E-state index contributed by atoms with van der Waals surface area (Å²) in [5.41, 5.74) is 12.1. The predicted octanol–water partition coefficient (Wildman–Crippen LogP) is 11.9. The molecule has 0 bridgehead atoms. The molecular formula is C56H31ClF11N3O8. The first-order valence-corrected chi connectivity index (χ1v) is 22.5. The molecule has 8 aromatic rings. The molecule has 3 aliphatic rings. The molecule has 23 heteroatoms.